The highest BCUT2D eigenvalue weighted by Crippen LogP contribution is 2.28. The van der Waals surface area contributed by atoms with Crippen molar-refractivity contribution in [2.24, 2.45) is 0 Å². The van der Waals surface area contributed by atoms with E-state index in [1.165, 1.54) is 52.8 Å². The number of benzene rings is 3. The molecule has 1 heterocycles. The smallest absolute Gasteiger partial charge is 0.243 e. The fourth-order valence-corrected chi connectivity index (χ4v) is 7.82. The van der Waals surface area contributed by atoms with Crippen molar-refractivity contribution in [2.45, 2.75) is 55.0 Å². The van der Waals surface area contributed by atoms with Gasteiger partial charge in [-0.15, -0.1) is 0 Å². The van der Waals surface area contributed by atoms with Crippen LogP contribution in [0.4, 0.5) is 10.1 Å². The number of carbonyl (C=O) groups excluding carboxylic acids is 1. The Labute approximate surface area is 229 Å². The molecule has 0 bridgehead atoms. The standard InChI is InChI=1S/C28H32FN3O5S2/c1-2-25-10-6-7-19-32(25)39(36,37)27-17-15-26(16-18-27)38(34,35)31(20-22-11-13-23(29)14-12-22)21-28(33)30-24-8-4-3-5-9-24/h3-5,8-9,11-18,25H,2,6-7,10,19-21H2,1H3,(H,30,33)/t25-/m0/s1. The zero-order chi connectivity index (χ0) is 28.0. The van der Waals surface area contributed by atoms with E-state index in [4.69, 9.17) is 0 Å². The summed E-state index contributed by atoms with van der Waals surface area (Å²) in [5.74, 6) is -1.02. The van der Waals surface area contributed by atoms with Crippen molar-refractivity contribution in [1.82, 2.24) is 8.61 Å². The zero-order valence-electron chi connectivity index (χ0n) is 21.7. The van der Waals surface area contributed by atoms with E-state index in [-0.39, 0.29) is 22.4 Å². The highest BCUT2D eigenvalue weighted by molar-refractivity contribution is 7.89. The van der Waals surface area contributed by atoms with Gasteiger partial charge in [0.2, 0.25) is 26.0 Å². The van der Waals surface area contributed by atoms with Crippen molar-refractivity contribution in [3.8, 4) is 0 Å². The Bertz CT molecular complexity index is 1480. The van der Waals surface area contributed by atoms with Crippen LogP contribution in [0.1, 0.15) is 38.2 Å². The first-order chi connectivity index (χ1) is 18.6. The molecule has 11 heteroatoms. The average molecular weight is 574 g/mol. The van der Waals surface area contributed by atoms with Crippen molar-refractivity contribution in [3.05, 3.63) is 90.2 Å². The van der Waals surface area contributed by atoms with Crippen LogP contribution in [0.2, 0.25) is 0 Å². The van der Waals surface area contributed by atoms with E-state index in [1.807, 2.05) is 6.92 Å². The van der Waals surface area contributed by atoms with Crippen LogP contribution in [0.3, 0.4) is 0 Å². The van der Waals surface area contributed by atoms with Crippen molar-refractivity contribution >= 4 is 31.6 Å². The van der Waals surface area contributed by atoms with Gasteiger partial charge >= 0.3 is 0 Å². The van der Waals surface area contributed by atoms with Crippen LogP contribution in [-0.2, 0) is 31.4 Å². The SMILES string of the molecule is CC[C@H]1CCCCN1S(=O)(=O)c1ccc(S(=O)(=O)N(CC(=O)Nc2ccccc2)Cc2ccc(F)cc2)cc1. The van der Waals surface area contributed by atoms with Crippen LogP contribution >= 0.6 is 0 Å². The number of hydrogen-bond acceptors (Lipinski definition) is 5. The van der Waals surface area contributed by atoms with E-state index in [2.05, 4.69) is 5.32 Å². The van der Waals surface area contributed by atoms with E-state index < -0.39 is 38.3 Å². The Morgan fingerprint density at radius 2 is 1.56 bits per heavy atom. The highest BCUT2D eigenvalue weighted by atomic mass is 32.2. The van der Waals surface area contributed by atoms with Gasteiger partial charge in [-0.1, -0.05) is 43.7 Å². The van der Waals surface area contributed by atoms with Gasteiger partial charge in [-0.2, -0.15) is 8.61 Å². The molecule has 3 aromatic rings. The summed E-state index contributed by atoms with van der Waals surface area (Å²) >= 11 is 0. The van der Waals surface area contributed by atoms with Gasteiger partial charge in [-0.3, -0.25) is 4.79 Å². The molecule has 0 spiro atoms. The summed E-state index contributed by atoms with van der Waals surface area (Å²) in [6, 6.07) is 19.0. The molecule has 4 rings (SSSR count). The normalized spacial score (nSPS) is 16.7. The van der Waals surface area contributed by atoms with Gasteiger partial charge in [-0.05, 0) is 73.4 Å². The maximum atomic E-state index is 13.7. The topological polar surface area (TPSA) is 104 Å². The van der Waals surface area contributed by atoms with Crippen LogP contribution in [-0.4, -0.2) is 50.5 Å². The summed E-state index contributed by atoms with van der Waals surface area (Å²) < 4.78 is 69.9. The predicted molar refractivity (Wildman–Crippen MR) is 147 cm³/mol. The van der Waals surface area contributed by atoms with Crippen LogP contribution in [0, 0.1) is 5.82 Å². The van der Waals surface area contributed by atoms with Gasteiger partial charge < -0.3 is 5.32 Å². The number of nitrogens with zero attached hydrogens (tertiary/aromatic N) is 2. The number of carbonyl (C=O) groups is 1. The summed E-state index contributed by atoms with van der Waals surface area (Å²) in [7, 11) is -8.02. The third kappa shape index (κ3) is 6.91. The number of halogens is 1. The Balaban J connectivity index is 1.60. The number of piperidine rings is 1. The Morgan fingerprint density at radius 1 is 0.923 bits per heavy atom. The van der Waals surface area contributed by atoms with E-state index in [9.17, 15) is 26.0 Å². The summed E-state index contributed by atoms with van der Waals surface area (Å²) in [5, 5.41) is 2.68. The first-order valence-electron chi connectivity index (χ1n) is 12.8. The van der Waals surface area contributed by atoms with Gasteiger partial charge in [0, 0.05) is 24.8 Å². The summed E-state index contributed by atoms with van der Waals surface area (Å²) in [4.78, 5) is 12.7. The molecule has 1 N–H and O–H groups in total. The average Bonchev–Trinajstić information content (AvgIpc) is 2.94. The fraction of sp³-hybridized carbons (Fsp3) is 0.321. The number of para-hydroxylation sites is 1. The number of nitrogens with one attached hydrogen (secondary N) is 1. The lowest BCUT2D eigenvalue weighted by molar-refractivity contribution is -0.116. The third-order valence-electron chi connectivity index (χ3n) is 6.76. The van der Waals surface area contributed by atoms with Crippen molar-refractivity contribution in [1.29, 1.82) is 0 Å². The first kappa shape index (κ1) is 28.9. The number of amides is 1. The second kappa shape index (κ2) is 12.4. The van der Waals surface area contributed by atoms with Crippen LogP contribution in [0.15, 0.2) is 88.7 Å². The molecule has 0 radical (unpaired) electrons. The van der Waals surface area contributed by atoms with Gasteiger partial charge in [0.25, 0.3) is 0 Å². The molecule has 1 aliphatic rings. The number of rotatable bonds is 10. The second-order valence-electron chi connectivity index (χ2n) is 9.46. The maximum Gasteiger partial charge on any atom is 0.243 e. The number of hydrogen-bond donors (Lipinski definition) is 1. The van der Waals surface area contributed by atoms with Crippen LogP contribution in [0.25, 0.3) is 0 Å². The molecule has 8 nitrogen and oxygen atoms in total. The summed E-state index contributed by atoms with van der Waals surface area (Å²) in [6.07, 6.45) is 3.26. The fourth-order valence-electron chi connectivity index (χ4n) is 4.67. The minimum atomic E-state index is -4.23. The van der Waals surface area contributed by atoms with E-state index in [1.54, 1.807) is 30.3 Å². The summed E-state index contributed by atoms with van der Waals surface area (Å²) in [6.45, 7) is 1.71. The minimum absolute atomic E-state index is 0.0219. The quantitative estimate of drug-likeness (QED) is 0.382. The van der Waals surface area contributed by atoms with Gasteiger partial charge in [0.05, 0.1) is 16.3 Å². The molecule has 1 saturated heterocycles. The molecule has 1 amide bonds. The molecule has 208 valence electrons. The molecule has 1 atom stereocenters. The summed E-state index contributed by atoms with van der Waals surface area (Å²) in [5.41, 5.74) is 1.00. The molecule has 1 fully saturated rings. The Hall–Kier alpha value is -3.12. The second-order valence-corrected chi connectivity index (χ2v) is 13.3. The van der Waals surface area contributed by atoms with Crippen molar-refractivity contribution < 1.29 is 26.0 Å². The third-order valence-corrected chi connectivity index (χ3v) is 10.5. The lowest BCUT2D eigenvalue weighted by Crippen LogP contribution is -2.43. The number of sulfonamides is 2. The first-order valence-corrected chi connectivity index (χ1v) is 15.7. The molecule has 0 aliphatic carbocycles. The van der Waals surface area contributed by atoms with E-state index >= 15 is 0 Å². The molecular formula is C28H32FN3O5S2. The zero-order valence-corrected chi connectivity index (χ0v) is 23.3. The predicted octanol–water partition coefficient (Wildman–Crippen LogP) is 4.61. The molecule has 39 heavy (non-hydrogen) atoms. The molecule has 0 saturated carbocycles. The van der Waals surface area contributed by atoms with Crippen LogP contribution < -0.4 is 5.32 Å². The lowest BCUT2D eigenvalue weighted by atomic mass is 10.0. The van der Waals surface area contributed by atoms with Crippen molar-refractivity contribution in [2.75, 3.05) is 18.4 Å². The molecule has 0 aromatic heterocycles. The highest BCUT2D eigenvalue weighted by Gasteiger charge is 2.33. The van der Waals surface area contributed by atoms with Crippen LogP contribution in [0.5, 0.6) is 0 Å². The molecule has 3 aromatic carbocycles. The van der Waals surface area contributed by atoms with Crippen molar-refractivity contribution in [3.63, 3.8) is 0 Å². The molecule has 1 aliphatic heterocycles. The van der Waals surface area contributed by atoms with E-state index in [0.29, 0.717) is 24.2 Å². The largest absolute Gasteiger partial charge is 0.325 e. The number of anilines is 1. The lowest BCUT2D eigenvalue weighted by Gasteiger charge is -2.34. The molecule has 0 unspecified atom stereocenters. The van der Waals surface area contributed by atoms with Gasteiger partial charge in [-0.25, -0.2) is 21.2 Å². The Morgan fingerprint density at radius 3 is 2.21 bits per heavy atom. The maximum absolute atomic E-state index is 13.7. The van der Waals surface area contributed by atoms with E-state index in [0.717, 1.165) is 23.6 Å². The molecular weight excluding hydrogens is 541 g/mol. The van der Waals surface area contributed by atoms with Gasteiger partial charge in [0.1, 0.15) is 5.82 Å². The minimum Gasteiger partial charge on any atom is -0.325 e. The Kier molecular flexibility index (Phi) is 9.16. The van der Waals surface area contributed by atoms with Gasteiger partial charge in [0.15, 0.2) is 0 Å². The monoisotopic (exact) mass is 573 g/mol.